The third-order valence-corrected chi connectivity index (χ3v) is 6.26. The number of carbonyl (C=O) groups is 1. The molecule has 8 heteroatoms. The molecule has 0 aliphatic carbocycles. The highest BCUT2D eigenvalue weighted by atomic mass is 35.5. The van der Waals surface area contributed by atoms with Crippen LogP contribution in [-0.2, 0) is 24.2 Å². The summed E-state index contributed by atoms with van der Waals surface area (Å²) in [4.78, 5) is 21.4. The van der Waals surface area contributed by atoms with Crippen LogP contribution in [0.2, 0.25) is 5.02 Å². The average molecular weight is 453 g/mol. The van der Waals surface area contributed by atoms with Crippen molar-refractivity contribution in [2.45, 2.75) is 25.8 Å². The molecule has 3 heterocycles. The fourth-order valence-electron chi connectivity index (χ4n) is 4.20. The summed E-state index contributed by atoms with van der Waals surface area (Å²) in [6.45, 7) is 4.93. The van der Waals surface area contributed by atoms with Crippen LogP contribution in [0, 0.1) is 0 Å². The molecule has 1 amide bonds. The van der Waals surface area contributed by atoms with E-state index in [0.717, 1.165) is 57.1 Å². The molecule has 7 nitrogen and oxygen atoms in total. The highest BCUT2D eigenvalue weighted by Crippen LogP contribution is 2.26. The Morgan fingerprint density at radius 3 is 2.69 bits per heavy atom. The second kappa shape index (κ2) is 9.30. The van der Waals surface area contributed by atoms with E-state index in [1.54, 1.807) is 12.1 Å². The summed E-state index contributed by atoms with van der Waals surface area (Å²) < 4.78 is 10.9. The van der Waals surface area contributed by atoms with Gasteiger partial charge in [0.05, 0.1) is 6.61 Å². The highest BCUT2D eigenvalue weighted by molar-refractivity contribution is 6.30. The van der Waals surface area contributed by atoms with E-state index in [2.05, 4.69) is 33.2 Å². The number of hydrogen-bond acceptors (Lipinski definition) is 6. The number of piperazine rings is 1. The lowest BCUT2D eigenvalue weighted by molar-refractivity contribution is -0.133. The summed E-state index contributed by atoms with van der Waals surface area (Å²) in [7, 11) is 0. The van der Waals surface area contributed by atoms with E-state index in [4.69, 9.17) is 20.9 Å². The van der Waals surface area contributed by atoms with Gasteiger partial charge in [-0.05, 0) is 41.5 Å². The van der Waals surface area contributed by atoms with Crippen LogP contribution in [0.25, 0.3) is 11.4 Å². The normalized spacial score (nSPS) is 16.1. The molecule has 0 radical (unpaired) electrons. The fourth-order valence-corrected chi connectivity index (χ4v) is 4.32. The fraction of sp³-hybridized carbons (Fsp3) is 0.375. The number of aromatic nitrogens is 2. The highest BCUT2D eigenvalue weighted by Gasteiger charge is 2.22. The Hall–Kier alpha value is -2.90. The zero-order valence-corrected chi connectivity index (χ0v) is 18.6. The van der Waals surface area contributed by atoms with Crippen LogP contribution in [0.15, 0.2) is 47.0 Å². The molecule has 166 valence electrons. The number of benzene rings is 2. The summed E-state index contributed by atoms with van der Waals surface area (Å²) in [6, 6.07) is 13.7. The van der Waals surface area contributed by atoms with Gasteiger partial charge in [0.1, 0.15) is 5.75 Å². The molecule has 0 N–H and O–H groups in total. The number of fused-ring (bicyclic) bond motifs is 1. The Morgan fingerprint density at radius 1 is 1.06 bits per heavy atom. The molecule has 3 aromatic rings. The van der Waals surface area contributed by atoms with Crippen molar-refractivity contribution in [3.8, 4) is 17.1 Å². The Morgan fingerprint density at radius 2 is 1.88 bits per heavy atom. The van der Waals surface area contributed by atoms with Crippen LogP contribution in [0.1, 0.15) is 23.4 Å². The molecular formula is C24H25ClN4O3. The van der Waals surface area contributed by atoms with Crippen molar-refractivity contribution >= 4 is 17.5 Å². The first kappa shape index (κ1) is 21.0. The van der Waals surface area contributed by atoms with E-state index in [9.17, 15) is 4.79 Å². The molecule has 2 aromatic carbocycles. The molecule has 0 bridgehead atoms. The van der Waals surface area contributed by atoms with E-state index in [1.165, 1.54) is 11.1 Å². The SMILES string of the molecule is O=C(CCc1nc(-c2ccc(Cl)cc2)no1)N1CCN(Cc2ccc3c(c2)CCO3)CC1. The van der Waals surface area contributed by atoms with Crippen LogP contribution in [0.4, 0.5) is 0 Å². The van der Waals surface area contributed by atoms with E-state index in [0.29, 0.717) is 29.6 Å². The van der Waals surface area contributed by atoms with Gasteiger partial charge in [-0.1, -0.05) is 28.9 Å². The maximum absolute atomic E-state index is 12.7. The summed E-state index contributed by atoms with van der Waals surface area (Å²) in [5.41, 5.74) is 3.45. The number of halogens is 1. The molecule has 2 aliphatic rings. The Labute approximate surface area is 191 Å². The van der Waals surface area contributed by atoms with E-state index in [1.807, 2.05) is 17.0 Å². The minimum atomic E-state index is 0.130. The van der Waals surface area contributed by atoms with Gasteiger partial charge in [-0.3, -0.25) is 9.69 Å². The van der Waals surface area contributed by atoms with E-state index >= 15 is 0 Å². The number of carbonyl (C=O) groups excluding carboxylic acids is 1. The van der Waals surface area contributed by atoms with Gasteiger partial charge in [0.2, 0.25) is 17.6 Å². The topological polar surface area (TPSA) is 71.7 Å². The van der Waals surface area contributed by atoms with Crippen molar-refractivity contribution < 1.29 is 14.1 Å². The predicted octanol–water partition coefficient (Wildman–Crippen LogP) is 3.60. The molecule has 32 heavy (non-hydrogen) atoms. The zero-order valence-electron chi connectivity index (χ0n) is 17.8. The lowest BCUT2D eigenvalue weighted by Gasteiger charge is -2.34. The number of ether oxygens (including phenoxy) is 1. The number of nitrogens with zero attached hydrogens (tertiary/aromatic N) is 4. The Bertz CT molecular complexity index is 1090. The van der Waals surface area contributed by atoms with Crippen LogP contribution < -0.4 is 4.74 Å². The van der Waals surface area contributed by atoms with Gasteiger partial charge in [-0.2, -0.15) is 4.98 Å². The summed E-state index contributed by atoms with van der Waals surface area (Å²) in [5.74, 6) is 2.13. The van der Waals surface area contributed by atoms with E-state index in [-0.39, 0.29) is 5.91 Å². The molecule has 0 spiro atoms. The predicted molar refractivity (Wildman–Crippen MR) is 121 cm³/mol. The molecular weight excluding hydrogens is 428 g/mol. The lowest BCUT2D eigenvalue weighted by atomic mass is 10.1. The van der Waals surface area contributed by atoms with Crippen molar-refractivity contribution in [3.05, 3.63) is 64.5 Å². The molecule has 1 aromatic heterocycles. The summed E-state index contributed by atoms with van der Waals surface area (Å²) >= 11 is 5.92. The molecule has 1 saturated heterocycles. The second-order valence-electron chi connectivity index (χ2n) is 8.22. The molecule has 0 saturated carbocycles. The molecule has 0 atom stereocenters. The zero-order chi connectivity index (χ0) is 21.9. The molecule has 2 aliphatic heterocycles. The first-order valence-electron chi connectivity index (χ1n) is 11.0. The monoisotopic (exact) mass is 452 g/mol. The standard InChI is InChI=1S/C24H25ClN4O3/c25-20-4-2-18(3-5-20)24-26-22(32-27-24)7-8-23(30)29-12-10-28(11-13-29)16-17-1-6-21-19(15-17)9-14-31-21/h1-6,15H,7-14,16H2. The van der Waals surface area contributed by atoms with Crippen molar-refractivity contribution in [1.82, 2.24) is 19.9 Å². The molecule has 0 unspecified atom stereocenters. The number of amides is 1. The number of hydrogen-bond donors (Lipinski definition) is 0. The average Bonchev–Trinajstić information content (AvgIpc) is 3.48. The largest absolute Gasteiger partial charge is 0.493 e. The first-order chi connectivity index (χ1) is 15.6. The smallest absolute Gasteiger partial charge is 0.227 e. The van der Waals surface area contributed by atoms with Gasteiger partial charge in [-0.25, -0.2) is 0 Å². The minimum absolute atomic E-state index is 0.130. The van der Waals surface area contributed by atoms with Gasteiger partial charge in [0, 0.05) is 62.6 Å². The third kappa shape index (κ3) is 4.79. The van der Waals surface area contributed by atoms with Crippen molar-refractivity contribution in [1.29, 1.82) is 0 Å². The molecule has 1 fully saturated rings. The van der Waals surface area contributed by atoms with Gasteiger partial charge >= 0.3 is 0 Å². The van der Waals surface area contributed by atoms with Crippen LogP contribution in [0.5, 0.6) is 5.75 Å². The Balaban J connectivity index is 1.08. The minimum Gasteiger partial charge on any atom is -0.493 e. The first-order valence-corrected chi connectivity index (χ1v) is 11.3. The van der Waals surface area contributed by atoms with Crippen molar-refractivity contribution in [2.75, 3.05) is 32.8 Å². The van der Waals surface area contributed by atoms with Crippen LogP contribution in [-0.4, -0.2) is 58.6 Å². The maximum Gasteiger partial charge on any atom is 0.227 e. The van der Waals surface area contributed by atoms with Gasteiger partial charge in [0.15, 0.2) is 0 Å². The number of aryl methyl sites for hydroxylation is 1. The van der Waals surface area contributed by atoms with E-state index < -0.39 is 0 Å². The maximum atomic E-state index is 12.7. The third-order valence-electron chi connectivity index (χ3n) is 6.01. The van der Waals surface area contributed by atoms with Gasteiger partial charge < -0.3 is 14.2 Å². The van der Waals surface area contributed by atoms with Crippen molar-refractivity contribution in [2.24, 2.45) is 0 Å². The van der Waals surface area contributed by atoms with Gasteiger partial charge in [-0.15, -0.1) is 0 Å². The quantitative estimate of drug-likeness (QED) is 0.569. The van der Waals surface area contributed by atoms with Crippen molar-refractivity contribution in [3.63, 3.8) is 0 Å². The Kier molecular flexibility index (Phi) is 6.10. The lowest BCUT2D eigenvalue weighted by Crippen LogP contribution is -2.48. The second-order valence-corrected chi connectivity index (χ2v) is 8.65. The summed E-state index contributed by atoms with van der Waals surface area (Å²) in [6.07, 6.45) is 1.80. The van der Waals surface area contributed by atoms with Crippen LogP contribution in [0.3, 0.4) is 0 Å². The molecule has 5 rings (SSSR count). The number of rotatable bonds is 6. The van der Waals surface area contributed by atoms with Gasteiger partial charge in [0.25, 0.3) is 0 Å². The summed E-state index contributed by atoms with van der Waals surface area (Å²) in [5, 5.41) is 4.67. The van der Waals surface area contributed by atoms with Crippen LogP contribution >= 0.6 is 11.6 Å².